The average Bonchev–Trinajstić information content (AvgIpc) is 3.67. The van der Waals surface area contributed by atoms with Crippen molar-refractivity contribution in [1.82, 2.24) is 25.2 Å². The molecule has 0 radical (unpaired) electrons. The van der Waals surface area contributed by atoms with Gasteiger partial charge in [0, 0.05) is 36.3 Å². The second-order valence-electron chi connectivity index (χ2n) is 16.5. The molecule has 0 spiro atoms. The van der Waals surface area contributed by atoms with E-state index in [4.69, 9.17) is 24.4 Å². The first-order valence-electron chi connectivity index (χ1n) is 19.4. The number of piperazine rings is 1. The molecular weight excluding hydrogens is 707 g/mol. The molecule has 4 saturated heterocycles. The van der Waals surface area contributed by atoms with Crippen LogP contribution >= 0.6 is 0 Å². The fourth-order valence-electron chi connectivity index (χ4n) is 10.5. The Labute approximate surface area is 309 Å². The van der Waals surface area contributed by atoms with E-state index < -0.39 is 35.4 Å². The Kier molecular flexibility index (Phi) is 8.05. The number of nitrogens with one attached hydrogen (secondary N) is 1. The normalized spacial score (nSPS) is 28.4. The first kappa shape index (κ1) is 34.6. The Morgan fingerprint density at radius 3 is 2.69 bits per heavy atom. The molecular formula is C40H43F5N6O3. The molecule has 2 unspecified atom stereocenters. The molecule has 5 aliphatic heterocycles. The first-order chi connectivity index (χ1) is 26.0. The van der Waals surface area contributed by atoms with Crippen LogP contribution in [0.4, 0.5) is 27.8 Å². The number of rotatable bonds is 8. The van der Waals surface area contributed by atoms with Gasteiger partial charge in [-0.1, -0.05) is 6.07 Å². The lowest BCUT2D eigenvalue weighted by atomic mass is 9.95. The summed E-state index contributed by atoms with van der Waals surface area (Å²) >= 11 is 0. The molecule has 2 bridgehead atoms. The maximum absolute atomic E-state index is 17.3. The highest BCUT2D eigenvalue weighted by Gasteiger charge is 2.53. The molecule has 54 heavy (non-hydrogen) atoms. The number of hydrogen-bond acceptors (Lipinski definition) is 9. The van der Waals surface area contributed by atoms with Crippen LogP contribution in [-0.4, -0.2) is 93.2 Å². The Bertz CT molecular complexity index is 2170. The van der Waals surface area contributed by atoms with Crippen LogP contribution < -0.4 is 15.0 Å². The summed E-state index contributed by atoms with van der Waals surface area (Å²) in [4.78, 5) is 19.2. The van der Waals surface area contributed by atoms with Crippen molar-refractivity contribution in [2.45, 2.75) is 113 Å². The van der Waals surface area contributed by atoms with E-state index in [2.05, 4.69) is 15.1 Å². The van der Waals surface area contributed by atoms with Crippen LogP contribution in [0.5, 0.6) is 11.8 Å². The van der Waals surface area contributed by atoms with Crippen LogP contribution in [-0.2, 0) is 11.2 Å². The van der Waals surface area contributed by atoms with E-state index in [1.807, 2.05) is 0 Å². The van der Waals surface area contributed by atoms with Gasteiger partial charge in [-0.3, -0.25) is 4.90 Å². The van der Waals surface area contributed by atoms with E-state index in [0.717, 1.165) is 45.1 Å². The zero-order valence-electron chi connectivity index (χ0n) is 30.1. The minimum Gasteiger partial charge on any atom is -0.508 e. The molecule has 14 heteroatoms. The molecule has 1 aliphatic carbocycles. The predicted octanol–water partition coefficient (Wildman–Crippen LogP) is 7.13. The summed E-state index contributed by atoms with van der Waals surface area (Å²) < 4.78 is 85.6. The second kappa shape index (κ2) is 12.6. The standard InChI is InChI=1S/C40H43F5N6O3/c1-20-27(41)7-5-22-15-25(52)16-26(31(20)22)34-33(42)35-32-29(47-34)9-10-30-28-8-6-23(46-28)17-50(30)37(32)49-38(48-35)54-19-39-12-2-14-51(39)24(11-13-39)18-53-36(21-3-4-21)40(43,44)45/h5,7,15-16,21,23-24,28,30,36,46,52H,2-4,6,8-14,17-19H2,1H3/t23-,24?,28+,30+,36?,39-/m0/s1. The van der Waals surface area contributed by atoms with Crippen molar-refractivity contribution in [3.8, 4) is 23.0 Å². The van der Waals surface area contributed by atoms with Crippen molar-refractivity contribution in [2.75, 3.05) is 31.2 Å². The van der Waals surface area contributed by atoms with Crippen LogP contribution in [0.15, 0.2) is 24.3 Å². The molecule has 5 fully saturated rings. The maximum atomic E-state index is 17.3. The largest absolute Gasteiger partial charge is 0.508 e. The summed E-state index contributed by atoms with van der Waals surface area (Å²) in [5.41, 5.74) is 0.857. The van der Waals surface area contributed by atoms with Crippen molar-refractivity contribution in [3.63, 3.8) is 0 Å². The van der Waals surface area contributed by atoms with Gasteiger partial charge in [0.1, 0.15) is 35.2 Å². The maximum Gasteiger partial charge on any atom is 0.414 e. The van der Waals surface area contributed by atoms with Gasteiger partial charge in [0.2, 0.25) is 0 Å². The quantitative estimate of drug-likeness (QED) is 0.183. The summed E-state index contributed by atoms with van der Waals surface area (Å²) in [6, 6.07) is 6.35. The van der Waals surface area contributed by atoms with Crippen LogP contribution in [0.2, 0.25) is 0 Å². The fourth-order valence-corrected chi connectivity index (χ4v) is 10.5. The highest BCUT2D eigenvalue weighted by Crippen LogP contribution is 2.47. The van der Waals surface area contributed by atoms with Crippen molar-refractivity contribution in [1.29, 1.82) is 0 Å². The van der Waals surface area contributed by atoms with E-state index in [1.165, 1.54) is 18.2 Å². The van der Waals surface area contributed by atoms with Crippen molar-refractivity contribution >= 4 is 27.5 Å². The Morgan fingerprint density at radius 2 is 1.87 bits per heavy atom. The van der Waals surface area contributed by atoms with Gasteiger partial charge in [0.05, 0.1) is 23.2 Å². The van der Waals surface area contributed by atoms with Crippen molar-refractivity contribution < 1.29 is 36.5 Å². The third-order valence-electron chi connectivity index (χ3n) is 13.2. The minimum absolute atomic E-state index is 0.0165. The van der Waals surface area contributed by atoms with Gasteiger partial charge < -0.3 is 24.8 Å². The molecule has 1 saturated carbocycles. The molecule has 2 aromatic carbocycles. The molecule has 10 rings (SSSR count). The number of fused-ring (bicyclic) bond motifs is 7. The molecule has 286 valence electrons. The number of halogens is 5. The number of aromatic hydroxyl groups is 1. The predicted molar refractivity (Wildman–Crippen MR) is 192 cm³/mol. The van der Waals surface area contributed by atoms with Crippen LogP contribution in [0, 0.1) is 24.5 Å². The van der Waals surface area contributed by atoms with E-state index in [9.17, 15) is 22.7 Å². The Hall–Kier alpha value is -3.88. The zero-order valence-corrected chi connectivity index (χ0v) is 30.1. The van der Waals surface area contributed by atoms with Crippen LogP contribution in [0.1, 0.15) is 69.0 Å². The number of phenolic OH excluding ortho intramolecular Hbond substituents is 1. The lowest BCUT2D eigenvalue weighted by molar-refractivity contribution is -0.230. The Morgan fingerprint density at radius 1 is 1.02 bits per heavy atom. The summed E-state index contributed by atoms with van der Waals surface area (Å²) in [6.07, 6.45) is 1.48. The van der Waals surface area contributed by atoms with E-state index in [0.29, 0.717) is 65.5 Å². The van der Waals surface area contributed by atoms with Gasteiger partial charge in [-0.2, -0.15) is 23.1 Å². The second-order valence-corrected chi connectivity index (χ2v) is 16.5. The molecule has 6 atom stereocenters. The van der Waals surface area contributed by atoms with Gasteiger partial charge >= 0.3 is 12.2 Å². The topological polar surface area (TPSA) is 95.9 Å². The minimum atomic E-state index is -4.38. The fraction of sp³-hybridized carbons (Fsp3) is 0.575. The molecule has 9 nitrogen and oxygen atoms in total. The number of hydrogen-bond donors (Lipinski definition) is 2. The number of aromatic nitrogens is 3. The number of nitrogens with zero attached hydrogens (tertiary/aromatic N) is 5. The number of phenols is 1. The highest BCUT2D eigenvalue weighted by molar-refractivity contribution is 6.02. The molecule has 7 heterocycles. The third-order valence-corrected chi connectivity index (χ3v) is 13.2. The third kappa shape index (κ3) is 5.60. The number of benzene rings is 2. The average molecular weight is 751 g/mol. The summed E-state index contributed by atoms with van der Waals surface area (Å²) in [7, 11) is 0. The molecule has 2 N–H and O–H groups in total. The number of pyridine rings is 1. The smallest absolute Gasteiger partial charge is 0.414 e. The van der Waals surface area contributed by atoms with Gasteiger partial charge in [-0.05, 0) is 118 Å². The monoisotopic (exact) mass is 750 g/mol. The van der Waals surface area contributed by atoms with Gasteiger partial charge in [-0.15, -0.1) is 0 Å². The van der Waals surface area contributed by atoms with Crippen LogP contribution in [0.25, 0.3) is 32.9 Å². The summed E-state index contributed by atoms with van der Waals surface area (Å²) in [6.45, 7) is 3.29. The first-order valence-corrected chi connectivity index (χ1v) is 19.4. The van der Waals surface area contributed by atoms with E-state index in [1.54, 1.807) is 13.0 Å². The molecule has 0 amide bonds. The van der Waals surface area contributed by atoms with Crippen molar-refractivity contribution in [2.24, 2.45) is 5.92 Å². The molecule has 6 aliphatic rings. The van der Waals surface area contributed by atoms with Gasteiger partial charge in [0.15, 0.2) is 11.9 Å². The van der Waals surface area contributed by atoms with E-state index >= 15 is 4.39 Å². The number of aryl methyl sites for hydroxylation is 2. The lowest BCUT2D eigenvalue weighted by Crippen LogP contribution is -2.58. The van der Waals surface area contributed by atoms with Gasteiger partial charge in [0.25, 0.3) is 0 Å². The van der Waals surface area contributed by atoms with Crippen LogP contribution in [0.3, 0.4) is 0 Å². The Balaban J connectivity index is 1.03. The highest BCUT2D eigenvalue weighted by atomic mass is 19.4. The number of alkyl halides is 3. The lowest BCUT2D eigenvalue weighted by Gasteiger charge is -2.41. The zero-order chi connectivity index (χ0) is 37.1. The van der Waals surface area contributed by atoms with E-state index in [-0.39, 0.29) is 65.9 Å². The number of ether oxygens (including phenoxy) is 2. The molecule has 2 aromatic heterocycles. The summed E-state index contributed by atoms with van der Waals surface area (Å²) in [5.74, 6) is -1.11. The van der Waals surface area contributed by atoms with Crippen molar-refractivity contribution in [3.05, 3.63) is 47.2 Å². The van der Waals surface area contributed by atoms with Gasteiger partial charge in [-0.25, -0.2) is 13.8 Å². The molecule has 4 aromatic rings. The summed E-state index contributed by atoms with van der Waals surface area (Å²) in [5, 5.41) is 16.0. The SMILES string of the molecule is Cc1c(F)ccc2cc(O)cc(-c3nc4c5c(nc(OC[C@@]67CCCN6C(COC(C6CC6)C(F)(F)F)CC7)nc5c3F)N3C[C@@H]5CC[C@@H](N5)[C@H]3CC4)c12. The number of anilines is 1.